The maximum atomic E-state index is 5.38. The Hall–Kier alpha value is -2.17. The van der Waals surface area contributed by atoms with E-state index in [2.05, 4.69) is 17.3 Å². The van der Waals surface area contributed by atoms with Gasteiger partial charge in [0.15, 0.2) is 11.5 Å². The van der Waals surface area contributed by atoms with Gasteiger partial charge in [0.1, 0.15) is 0 Å². The van der Waals surface area contributed by atoms with Gasteiger partial charge in [0.05, 0.1) is 11.7 Å². The molecule has 1 atom stereocenters. The number of nitrogens with one attached hydrogen (secondary N) is 1. The van der Waals surface area contributed by atoms with Crippen molar-refractivity contribution in [3.63, 3.8) is 0 Å². The lowest BCUT2D eigenvalue weighted by Gasteiger charge is -2.15. The van der Waals surface area contributed by atoms with Gasteiger partial charge in [0.2, 0.25) is 6.79 Å². The number of fused-ring (bicyclic) bond motifs is 1. The molecule has 1 aromatic carbocycles. The zero-order chi connectivity index (χ0) is 13.4. The summed E-state index contributed by atoms with van der Waals surface area (Å²) in [5.74, 6) is 1.59. The van der Waals surface area contributed by atoms with Crippen LogP contribution in [0.15, 0.2) is 24.4 Å². The molecule has 100 valence electrons. The Morgan fingerprint density at radius 2 is 2.11 bits per heavy atom. The quantitative estimate of drug-likeness (QED) is 0.920. The van der Waals surface area contributed by atoms with Gasteiger partial charge < -0.3 is 14.8 Å². The highest BCUT2D eigenvalue weighted by atomic mass is 16.7. The number of ether oxygens (including phenoxy) is 2. The highest BCUT2D eigenvalue weighted by molar-refractivity contribution is 5.56. The summed E-state index contributed by atoms with van der Waals surface area (Å²) in [5, 5.41) is 7.82. The number of nitrogens with zero attached hydrogens (tertiary/aromatic N) is 2. The number of aryl methyl sites for hydroxylation is 2. The molecule has 3 rings (SSSR count). The van der Waals surface area contributed by atoms with Crippen LogP contribution in [0.1, 0.15) is 24.2 Å². The van der Waals surface area contributed by atoms with Crippen LogP contribution in [0.2, 0.25) is 0 Å². The Labute approximate surface area is 112 Å². The van der Waals surface area contributed by atoms with Crippen LogP contribution < -0.4 is 14.8 Å². The number of hydrogen-bond acceptors (Lipinski definition) is 4. The molecule has 1 aliphatic rings. The summed E-state index contributed by atoms with van der Waals surface area (Å²) in [5.41, 5.74) is 3.25. The normalized spacial score (nSPS) is 14.5. The highest BCUT2D eigenvalue weighted by Crippen LogP contribution is 2.35. The van der Waals surface area contributed by atoms with Gasteiger partial charge in [0.25, 0.3) is 0 Å². The summed E-state index contributed by atoms with van der Waals surface area (Å²) in [6, 6.07) is 6.07. The summed E-state index contributed by atoms with van der Waals surface area (Å²) < 4.78 is 12.5. The maximum absolute atomic E-state index is 5.38. The number of benzene rings is 1. The van der Waals surface area contributed by atoms with Crippen molar-refractivity contribution in [2.45, 2.75) is 19.9 Å². The van der Waals surface area contributed by atoms with Crippen LogP contribution in [-0.4, -0.2) is 16.6 Å². The van der Waals surface area contributed by atoms with E-state index in [1.165, 1.54) is 5.56 Å². The van der Waals surface area contributed by atoms with E-state index in [1.807, 2.05) is 43.0 Å². The van der Waals surface area contributed by atoms with E-state index in [-0.39, 0.29) is 6.04 Å². The van der Waals surface area contributed by atoms with Crippen molar-refractivity contribution < 1.29 is 9.47 Å². The molecule has 0 spiro atoms. The molecule has 1 aliphatic heterocycles. The van der Waals surface area contributed by atoms with Crippen molar-refractivity contribution in [2.75, 3.05) is 12.1 Å². The van der Waals surface area contributed by atoms with Gasteiger partial charge >= 0.3 is 0 Å². The average molecular weight is 259 g/mol. The fourth-order valence-electron chi connectivity index (χ4n) is 2.36. The SMILES string of the molecule is Cc1nn(C)cc1C(C)Nc1ccc2c(c1)OCO2. The summed E-state index contributed by atoms with van der Waals surface area (Å²) in [4.78, 5) is 0. The van der Waals surface area contributed by atoms with Gasteiger partial charge in [-0.05, 0) is 26.0 Å². The minimum Gasteiger partial charge on any atom is -0.454 e. The van der Waals surface area contributed by atoms with Crippen LogP contribution >= 0.6 is 0 Å². The van der Waals surface area contributed by atoms with Gasteiger partial charge in [0, 0.05) is 30.6 Å². The standard InChI is InChI=1S/C14H17N3O2/c1-9(12-7-17(3)16-10(12)2)15-11-4-5-13-14(6-11)19-8-18-13/h4-7,9,15H,8H2,1-3H3. The number of rotatable bonds is 3. The van der Waals surface area contributed by atoms with Crippen molar-refractivity contribution in [1.29, 1.82) is 0 Å². The molecule has 0 saturated heterocycles. The minimum absolute atomic E-state index is 0.189. The van der Waals surface area contributed by atoms with E-state index in [0.717, 1.165) is 22.9 Å². The lowest BCUT2D eigenvalue weighted by atomic mass is 10.1. The molecular formula is C14H17N3O2. The molecule has 1 unspecified atom stereocenters. The lowest BCUT2D eigenvalue weighted by Crippen LogP contribution is -2.07. The van der Waals surface area contributed by atoms with Crippen molar-refractivity contribution in [1.82, 2.24) is 9.78 Å². The molecule has 5 heteroatoms. The predicted octanol–water partition coefficient (Wildman–Crippen LogP) is 2.63. The molecule has 1 N–H and O–H groups in total. The molecule has 5 nitrogen and oxygen atoms in total. The van der Waals surface area contributed by atoms with Gasteiger partial charge in [-0.1, -0.05) is 0 Å². The summed E-state index contributed by atoms with van der Waals surface area (Å²) >= 11 is 0. The predicted molar refractivity (Wildman–Crippen MR) is 72.5 cm³/mol. The fraction of sp³-hybridized carbons (Fsp3) is 0.357. The second-order valence-electron chi connectivity index (χ2n) is 4.78. The summed E-state index contributed by atoms with van der Waals surface area (Å²) in [6.45, 7) is 4.44. The first-order chi connectivity index (χ1) is 9.13. The van der Waals surface area contributed by atoms with Gasteiger partial charge in [-0.15, -0.1) is 0 Å². The largest absolute Gasteiger partial charge is 0.454 e. The van der Waals surface area contributed by atoms with Crippen LogP contribution in [0.25, 0.3) is 0 Å². The van der Waals surface area contributed by atoms with E-state index < -0.39 is 0 Å². The maximum Gasteiger partial charge on any atom is 0.231 e. The fourth-order valence-corrected chi connectivity index (χ4v) is 2.36. The number of aromatic nitrogens is 2. The second kappa shape index (κ2) is 4.50. The van der Waals surface area contributed by atoms with E-state index >= 15 is 0 Å². The van der Waals surface area contributed by atoms with Crippen molar-refractivity contribution >= 4 is 5.69 Å². The van der Waals surface area contributed by atoms with Crippen molar-refractivity contribution in [2.24, 2.45) is 7.05 Å². The van der Waals surface area contributed by atoms with Gasteiger partial charge in [-0.25, -0.2) is 0 Å². The van der Waals surface area contributed by atoms with Crippen LogP contribution in [0.4, 0.5) is 5.69 Å². The molecule has 0 fully saturated rings. The number of anilines is 1. The molecule has 0 saturated carbocycles. The van der Waals surface area contributed by atoms with Crippen LogP contribution in [-0.2, 0) is 7.05 Å². The minimum atomic E-state index is 0.189. The third-order valence-electron chi connectivity index (χ3n) is 3.27. The van der Waals surface area contributed by atoms with Crippen LogP contribution in [0.3, 0.4) is 0 Å². The molecule has 0 bridgehead atoms. The Morgan fingerprint density at radius 1 is 1.32 bits per heavy atom. The highest BCUT2D eigenvalue weighted by Gasteiger charge is 2.15. The topological polar surface area (TPSA) is 48.3 Å². The van der Waals surface area contributed by atoms with Crippen molar-refractivity contribution in [3.05, 3.63) is 35.7 Å². The molecule has 0 aliphatic carbocycles. The zero-order valence-electron chi connectivity index (χ0n) is 11.3. The first kappa shape index (κ1) is 11.9. The lowest BCUT2D eigenvalue weighted by molar-refractivity contribution is 0.174. The molecule has 1 aromatic heterocycles. The average Bonchev–Trinajstić information content (AvgIpc) is 2.94. The first-order valence-electron chi connectivity index (χ1n) is 6.30. The smallest absolute Gasteiger partial charge is 0.231 e. The molecule has 0 radical (unpaired) electrons. The second-order valence-corrected chi connectivity index (χ2v) is 4.78. The Morgan fingerprint density at radius 3 is 2.84 bits per heavy atom. The molecular weight excluding hydrogens is 242 g/mol. The third-order valence-corrected chi connectivity index (χ3v) is 3.27. The Bertz CT molecular complexity index is 607. The van der Waals surface area contributed by atoms with Gasteiger partial charge in [-0.3, -0.25) is 4.68 Å². The third kappa shape index (κ3) is 2.23. The number of hydrogen-bond donors (Lipinski definition) is 1. The van der Waals surface area contributed by atoms with Gasteiger partial charge in [-0.2, -0.15) is 5.10 Å². The zero-order valence-corrected chi connectivity index (χ0v) is 11.3. The van der Waals surface area contributed by atoms with Crippen molar-refractivity contribution in [3.8, 4) is 11.5 Å². The van der Waals surface area contributed by atoms with E-state index in [0.29, 0.717) is 6.79 Å². The van der Waals surface area contributed by atoms with E-state index in [9.17, 15) is 0 Å². The molecule has 2 aromatic rings. The van der Waals surface area contributed by atoms with Crippen LogP contribution in [0, 0.1) is 6.92 Å². The summed E-state index contributed by atoms with van der Waals surface area (Å²) in [6.07, 6.45) is 2.04. The van der Waals surface area contributed by atoms with E-state index in [4.69, 9.17) is 9.47 Å². The molecule has 0 amide bonds. The Kier molecular flexibility index (Phi) is 2.81. The molecule has 19 heavy (non-hydrogen) atoms. The first-order valence-corrected chi connectivity index (χ1v) is 6.30. The monoisotopic (exact) mass is 259 g/mol. The van der Waals surface area contributed by atoms with Crippen LogP contribution in [0.5, 0.6) is 11.5 Å². The molecule has 2 heterocycles. The van der Waals surface area contributed by atoms with E-state index in [1.54, 1.807) is 0 Å². The Balaban J connectivity index is 1.79. The summed E-state index contributed by atoms with van der Waals surface area (Å²) in [7, 11) is 1.93.